The van der Waals surface area contributed by atoms with Gasteiger partial charge in [-0.05, 0) is 12.4 Å². The molecule has 0 aliphatic heterocycles. The van der Waals surface area contributed by atoms with Gasteiger partial charge in [0.15, 0.2) is 0 Å². The predicted octanol–water partition coefficient (Wildman–Crippen LogP) is -0.296. The molecule has 0 saturated heterocycles. The molecule has 0 aromatic carbocycles. The van der Waals surface area contributed by atoms with E-state index in [2.05, 4.69) is 6.92 Å². The highest BCUT2D eigenvalue weighted by Gasteiger charge is 1.86. The van der Waals surface area contributed by atoms with Crippen molar-refractivity contribution in [1.82, 2.24) is 0 Å². The van der Waals surface area contributed by atoms with Crippen LogP contribution in [-0.4, -0.2) is 13.8 Å². The van der Waals surface area contributed by atoms with E-state index >= 15 is 0 Å². The highest BCUT2D eigenvalue weighted by molar-refractivity contribution is 6.11. The van der Waals surface area contributed by atoms with Crippen molar-refractivity contribution in [3.63, 3.8) is 0 Å². The van der Waals surface area contributed by atoms with E-state index in [1.54, 1.807) is 0 Å². The van der Waals surface area contributed by atoms with Gasteiger partial charge in [0.25, 0.3) is 0 Å². The Balaban J connectivity index is 2.63. The van der Waals surface area contributed by atoms with E-state index in [1.807, 2.05) is 7.85 Å². The minimum atomic E-state index is 0.398. The Kier molecular flexibility index (Phi) is 3.24. The fourth-order valence-corrected chi connectivity index (χ4v) is 0.455. The Labute approximate surface area is 40.3 Å². The lowest BCUT2D eigenvalue weighted by Gasteiger charge is -1.96. The molecular formula is C4H12BN. The van der Waals surface area contributed by atoms with Gasteiger partial charge < -0.3 is 5.73 Å². The Bertz CT molecular complexity index is 28.7. The van der Waals surface area contributed by atoms with Crippen molar-refractivity contribution in [1.29, 1.82) is 0 Å². The summed E-state index contributed by atoms with van der Waals surface area (Å²) in [5.41, 5.74) is 5.40. The van der Waals surface area contributed by atoms with Crippen LogP contribution >= 0.6 is 0 Å². The Morgan fingerprint density at radius 2 is 2.33 bits per heavy atom. The lowest BCUT2D eigenvalue weighted by molar-refractivity contribution is 0.755. The van der Waals surface area contributed by atoms with Crippen molar-refractivity contribution < 1.29 is 0 Å². The molecule has 2 N–H and O–H groups in total. The summed E-state index contributed by atoms with van der Waals surface area (Å²) in [7, 11) is 2.03. The highest BCUT2D eigenvalue weighted by Crippen LogP contribution is 1.85. The molecule has 1 unspecified atom stereocenters. The molecule has 0 aliphatic rings. The van der Waals surface area contributed by atoms with Gasteiger partial charge >= 0.3 is 0 Å². The summed E-state index contributed by atoms with van der Waals surface area (Å²) in [5, 5.41) is 0. The van der Waals surface area contributed by atoms with Crippen LogP contribution in [0.5, 0.6) is 0 Å². The summed E-state index contributed by atoms with van der Waals surface area (Å²) in [6.45, 7) is 2.14. The second kappa shape index (κ2) is 3.22. The fraction of sp³-hybridized carbons (Fsp3) is 1.00. The Morgan fingerprint density at radius 1 is 1.83 bits per heavy atom. The van der Waals surface area contributed by atoms with Crippen LogP contribution < -0.4 is 5.73 Å². The maximum atomic E-state index is 5.40. The molecule has 0 rings (SSSR count). The molecule has 0 aromatic heterocycles. The van der Waals surface area contributed by atoms with Crippen molar-refractivity contribution in [2.45, 2.75) is 25.7 Å². The first-order valence-electron chi connectivity index (χ1n) is 2.53. The molecule has 1 atom stereocenters. The van der Waals surface area contributed by atoms with Gasteiger partial charge in [0.1, 0.15) is 7.85 Å². The van der Waals surface area contributed by atoms with Crippen LogP contribution in [0.25, 0.3) is 0 Å². The van der Waals surface area contributed by atoms with E-state index in [-0.39, 0.29) is 0 Å². The maximum Gasteiger partial charge on any atom is 0.123 e. The van der Waals surface area contributed by atoms with Gasteiger partial charge in [-0.2, -0.15) is 0 Å². The van der Waals surface area contributed by atoms with Gasteiger partial charge in [-0.1, -0.05) is 13.3 Å². The average Bonchev–Trinajstić information content (AvgIpc) is 1.35. The molecule has 0 spiro atoms. The first-order chi connectivity index (χ1) is 2.77. The van der Waals surface area contributed by atoms with Crippen LogP contribution in [0, 0.1) is 0 Å². The molecule has 0 radical (unpaired) electrons. The molecule has 0 amide bonds. The van der Waals surface area contributed by atoms with Gasteiger partial charge in [-0.25, -0.2) is 0 Å². The van der Waals surface area contributed by atoms with E-state index in [0.29, 0.717) is 5.94 Å². The molecule has 6 heavy (non-hydrogen) atoms. The molecule has 2 heteroatoms. The maximum absolute atomic E-state index is 5.40. The molecule has 1 nitrogen and oxygen atoms in total. The zero-order chi connectivity index (χ0) is 4.99. The summed E-state index contributed by atoms with van der Waals surface area (Å²) in [4.78, 5) is 0. The normalized spacial score (nSPS) is 14.3. The summed E-state index contributed by atoms with van der Waals surface area (Å²) in [5.74, 6) is 0.398. The minimum Gasteiger partial charge on any atom is -0.335 e. The minimum absolute atomic E-state index is 0.398. The Morgan fingerprint density at radius 3 is 2.33 bits per heavy atom. The third-order valence-electron chi connectivity index (χ3n) is 0.744. The largest absolute Gasteiger partial charge is 0.335 e. The van der Waals surface area contributed by atoms with Gasteiger partial charge in [0.05, 0.1) is 0 Å². The number of hydrogen-bond acceptors (Lipinski definition) is 1. The quantitative estimate of drug-likeness (QED) is 0.458. The van der Waals surface area contributed by atoms with Crippen LogP contribution in [0.4, 0.5) is 0 Å². The molecular weight excluding hydrogens is 72.9 g/mol. The van der Waals surface area contributed by atoms with Crippen LogP contribution in [-0.2, 0) is 0 Å². The highest BCUT2D eigenvalue weighted by atomic mass is 14.6. The SMILES string of the molecule is BC(N)CCC. The van der Waals surface area contributed by atoms with E-state index < -0.39 is 0 Å². The third kappa shape index (κ3) is 4.02. The topological polar surface area (TPSA) is 26.0 Å². The summed E-state index contributed by atoms with van der Waals surface area (Å²) in [6.07, 6.45) is 2.36. The third-order valence-corrected chi connectivity index (χ3v) is 0.744. The molecule has 0 aromatic rings. The zero-order valence-corrected chi connectivity index (χ0v) is 4.57. The van der Waals surface area contributed by atoms with Crippen molar-refractivity contribution in [3.8, 4) is 0 Å². The molecule has 36 valence electrons. The monoisotopic (exact) mass is 85.1 g/mol. The van der Waals surface area contributed by atoms with Gasteiger partial charge in [-0.3, -0.25) is 0 Å². The van der Waals surface area contributed by atoms with Crippen molar-refractivity contribution in [2.24, 2.45) is 5.73 Å². The van der Waals surface area contributed by atoms with Gasteiger partial charge in [0.2, 0.25) is 0 Å². The molecule has 0 aliphatic carbocycles. The second-order valence-electron chi connectivity index (χ2n) is 1.77. The number of rotatable bonds is 2. The molecule has 0 bridgehead atoms. The van der Waals surface area contributed by atoms with Crippen LogP contribution in [0.2, 0.25) is 0 Å². The van der Waals surface area contributed by atoms with E-state index in [1.165, 1.54) is 6.42 Å². The average molecular weight is 85.0 g/mol. The van der Waals surface area contributed by atoms with E-state index in [4.69, 9.17) is 5.73 Å². The predicted molar refractivity (Wildman–Crippen MR) is 31.4 cm³/mol. The first kappa shape index (κ1) is 6.02. The lowest BCUT2D eigenvalue weighted by atomic mass is 9.94. The standard InChI is InChI=1S/C4H12BN/c1-2-3-4(5)6/h4H,2-3,5-6H2,1H3. The molecule has 0 fully saturated rings. The summed E-state index contributed by atoms with van der Waals surface area (Å²) < 4.78 is 0. The van der Waals surface area contributed by atoms with E-state index in [0.717, 1.165) is 6.42 Å². The lowest BCUT2D eigenvalue weighted by Crippen LogP contribution is -2.18. The van der Waals surface area contributed by atoms with Crippen molar-refractivity contribution >= 4 is 7.85 Å². The fourth-order valence-electron chi connectivity index (χ4n) is 0.455. The first-order valence-corrected chi connectivity index (χ1v) is 2.53. The molecule has 0 heterocycles. The Hall–Kier alpha value is 0.0249. The van der Waals surface area contributed by atoms with E-state index in [9.17, 15) is 0 Å². The smallest absolute Gasteiger partial charge is 0.123 e. The van der Waals surface area contributed by atoms with Gasteiger partial charge in [0, 0.05) is 0 Å². The van der Waals surface area contributed by atoms with Crippen molar-refractivity contribution in [3.05, 3.63) is 0 Å². The summed E-state index contributed by atoms with van der Waals surface area (Å²) in [6, 6.07) is 0. The van der Waals surface area contributed by atoms with Crippen LogP contribution in [0.3, 0.4) is 0 Å². The second-order valence-corrected chi connectivity index (χ2v) is 1.77. The van der Waals surface area contributed by atoms with Crippen molar-refractivity contribution in [2.75, 3.05) is 0 Å². The molecule has 0 saturated carbocycles. The zero-order valence-electron chi connectivity index (χ0n) is 4.57. The number of hydrogen-bond donors (Lipinski definition) is 1. The van der Waals surface area contributed by atoms with Crippen LogP contribution in [0.15, 0.2) is 0 Å². The van der Waals surface area contributed by atoms with Gasteiger partial charge in [-0.15, -0.1) is 0 Å². The van der Waals surface area contributed by atoms with Crippen LogP contribution in [0.1, 0.15) is 19.8 Å². The number of nitrogens with two attached hydrogens (primary N) is 1. The summed E-state index contributed by atoms with van der Waals surface area (Å²) >= 11 is 0.